The molecule has 3 N–H and O–H groups in total. The summed E-state index contributed by atoms with van der Waals surface area (Å²) in [6.45, 7) is 1.01. The number of amides is 3. The lowest BCUT2D eigenvalue weighted by Crippen LogP contribution is -2.41. The van der Waals surface area contributed by atoms with Crippen LogP contribution < -0.4 is 11.1 Å². The lowest BCUT2D eigenvalue weighted by molar-refractivity contribution is -0.117. The van der Waals surface area contributed by atoms with Gasteiger partial charge in [0.05, 0.1) is 5.69 Å². The van der Waals surface area contributed by atoms with E-state index in [1.165, 1.54) is 0 Å². The van der Waals surface area contributed by atoms with E-state index in [0.717, 1.165) is 24.1 Å². The maximum atomic E-state index is 12.9. The van der Waals surface area contributed by atoms with Gasteiger partial charge in [-0.2, -0.15) is 4.98 Å². The zero-order chi connectivity index (χ0) is 22.9. The van der Waals surface area contributed by atoms with Crippen LogP contribution in [0.3, 0.4) is 0 Å². The average Bonchev–Trinajstić information content (AvgIpc) is 3.59. The molecule has 0 radical (unpaired) electrons. The summed E-state index contributed by atoms with van der Waals surface area (Å²) in [6.07, 6.45) is 1.94. The minimum atomic E-state index is -0.782. The Bertz CT molecular complexity index is 1210. The normalized spacial score (nSPS) is 16.5. The summed E-state index contributed by atoms with van der Waals surface area (Å²) in [7, 11) is 0. The molecule has 0 unspecified atom stereocenters. The van der Waals surface area contributed by atoms with Crippen molar-refractivity contribution in [1.82, 2.24) is 19.5 Å². The molecule has 3 aromatic rings. The van der Waals surface area contributed by atoms with Crippen molar-refractivity contribution in [2.24, 2.45) is 11.7 Å². The van der Waals surface area contributed by atoms with Crippen molar-refractivity contribution in [3.8, 4) is 11.3 Å². The highest BCUT2D eigenvalue weighted by molar-refractivity contribution is 5.95. The van der Waals surface area contributed by atoms with E-state index in [-0.39, 0.29) is 29.8 Å². The molecule has 3 heterocycles. The quantitative estimate of drug-likeness (QED) is 0.616. The zero-order valence-corrected chi connectivity index (χ0v) is 17.9. The number of fused-ring (bicyclic) bond motifs is 1. The van der Waals surface area contributed by atoms with E-state index in [0.29, 0.717) is 37.1 Å². The number of piperidine rings is 1. The second-order valence-corrected chi connectivity index (χ2v) is 8.39. The van der Waals surface area contributed by atoms with E-state index in [4.69, 9.17) is 10.5 Å². The van der Waals surface area contributed by atoms with Crippen LogP contribution in [0, 0.1) is 5.92 Å². The summed E-state index contributed by atoms with van der Waals surface area (Å²) in [4.78, 5) is 42.0. The van der Waals surface area contributed by atoms with Gasteiger partial charge in [0.1, 0.15) is 6.10 Å². The number of carbonyl (C=O) groups is 3. The number of anilines is 1. The van der Waals surface area contributed by atoms with Crippen LogP contribution in [0.1, 0.15) is 36.0 Å². The third-order valence-corrected chi connectivity index (χ3v) is 5.98. The molecule has 2 aliphatic rings. The Kier molecular flexibility index (Phi) is 5.41. The standard InChI is InChI=1S/C23H24N6O4/c24-22(32)33-17-10-12-28(13-11-17)21(31)16-8-4-14(5-9-16)18-2-1-3-19-25-23(27-29(18)19)26-20(30)15-6-7-15/h1-5,8-9,15,17H,6-7,10-13H2,(H2,24,32)(H,26,27,30). The Balaban J connectivity index is 1.30. The largest absolute Gasteiger partial charge is 0.446 e. The minimum absolute atomic E-state index is 0.0412. The molecule has 1 aromatic carbocycles. The smallest absolute Gasteiger partial charge is 0.404 e. The third kappa shape index (κ3) is 4.50. The van der Waals surface area contributed by atoms with Crippen molar-refractivity contribution in [3.05, 3.63) is 48.0 Å². The number of nitrogens with two attached hydrogens (primary N) is 1. The molecule has 170 valence electrons. The lowest BCUT2D eigenvalue weighted by Gasteiger charge is -2.31. The predicted octanol–water partition coefficient (Wildman–Crippen LogP) is 2.44. The number of pyridine rings is 1. The number of primary amides is 1. The molecule has 10 nitrogen and oxygen atoms in total. The first-order valence-corrected chi connectivity index (χ1v) is 11.0. The number of hydrogen-bond donors (Lipinski definition) is 2. The second-order valence-electron chi connectivity index (χ2n) is 8.39. The molecule has 5 rings (SSSR count). The van der Waals surface area contributed by atoms with Gasteiger partial charge in [-0.3, -0.25) is 14.9 Å². The number of rotatable bonds is 5. The molecule has 33 heavy (non-hydrogen) atoms. The number of carbonyl (C=O) groups excluding carboxylic acids is 3. The summed E-state index contributed by atoms with van der Waals surface area (Å²) in [6, 6.07) is 12.9. The summed E-state index contributed by atoms with van der Waals surface area (Å²) >= 11 is 0. The number of aromatic nitrogens is 3. The molecule has 1 aliphatic heterocycles. The van der Waals surface area contributed by atoms with Crippen LogP contribution in [0.25, 0.3) is 16.9 Å². The number of ether oxygens (including phenoxy) is 1. The maximum absolute atomic E-state index is 12.9. The number of likely N-dealkylation sites (tertiary alicyclic amines) is 1. The third-order valence-electron chi connectivity index (χ3n) is 5.98. The maximum Gasteiger partial charge on any atom is 0.404 e. The second kappa shape index (κ2) is 8.53. The van der Waals surface area contributed by atoms with E-state index < -0.39 is 6.09 Å². The molecule has 0 bridgehead atoms. The van der Waals surface area contributed by atoms with Gasteiger partial charge in [0, 0.05) is 43.0 Å². The van der Waals surface area contributed by atoms with E-state index in [1.54, 1.807) is 21.5 Å². The first kappa shape index (κ1) is 20.9. The Morgan fingerprint density at radius 1 is 1.00 bits per heavy atom. The van der Waals surface area contributed by atoms with Gasteiger partial charge >= 0.3 is 6.09 Å². The minimum Gasteiger partial charge on any atom is -0.446 e. The Morgan fingerprint density at radius 3 is 2.39 bits per heavy atom. The van der Waals surface area contributed by atoms with Gasteiger partial charge < -0.3 is 15.4 Å². The fraction of sp³-hybridized carbons (Fsp3) is 0.348. The molecule has 1 saturated heterocycles. The first-order chi connectivity index (χ1) is 16.0. The van der Waals surface area contributed by atoms with Crippen molar-refractivity contribution in [2.45, 2.75) is 31.8 Å². The van der Waals surface area contributed by atoms with Crippen molar-refractivity contribution < 1.29 is 19.1 Å². The van der Waals surface area contributed by atoms with Gasteiger partial charge in [-0.1, -0.05) is 18.2 Å². The summed E-state index contributed by atoms with van der Waals surface area (Å²) < 4.78 is 6.71. The zero-order valence-electron chi connectivity index (χ0n) is 17.9. The summed E-state index contributed by atoms with van der Waals surface area (Å²) in [5.41, 5.74) is 7.95. The SMILES string of the molecule is NC(=O)OC1CCN(C(=O)c2ccc(-c3cccc4nc(NC(=O)C5CC5)nn34)cc2)CC1. The van der Waals surface area contributed by atoms with Gasteiger partial charge in [0.25, 0.3) is 5.91 Å². The summed E-state index contributed by atoms with van der Waals surface area (Å²) in [5.74, 6) is 0.251. The van der Waals surface area contributed by atoms with E-state index in [1.807, 2.05) is 30.3 Å². The van der Waals surface area contributed by atoms with Crippen molar-refractivity contribution in [3.63, 3.8) is 0 Å². The van der Waals surface area contributed by atoms with E-state index >= 15 is 0 Å². The Labute approximate surface area is 189 Å². The molecular formula is C23H24N6O4. The fourth-order valence-electron chi connectivity index (χ4n) is 4.04. The molecule has 2 aromatic heterocycles. The molecule has 3 amide bonds. The van der Waals surface area contributed by atoms with Crippen LogP contribution in [0.4, 0.5) is 10.7 Å². The molecule has 1 aliphatic carbocycles. The van der Waals surface area contributed by atoms with E-state index in [9.17, 15) is 14.4 Å². The number of hydrogen-bond acceptors (Lipinski definition) is 6. The van der Waals surface area contributed by atoms with E-state index in [2.05, 4.69) is 15.4 Å². The van der Waals surface area contributed by atoms with Crippen molar-refractivity contribution in [2.75, 3.05) is 18.4 Å². The number of nitrogens with one attached hydrogen (secondary N) is 1. The highest BCUT2D eigenvalue weighted by Crippen LogP contribution is 2.30. The fourth-order valence-corrected chi connectivity index (χ4v) is 4.04. The predicted molar refractivity (Wildman–Crippen MR) is 119 cm³/mol. The molecule has 2 fully saturated rings. The van der Waals surface area contributed by atoms with Gasteiger partial charge in [0.15, 0.2) is 5.65 Å². The highest BCUT2D eigenvalue weighted by Gasteiger charge is 2.30. The summed E-state index contributed by atoms with van der Waals surface area (Å²) in [5, 5.41) is 7.23. The van der Waals surface area contributed by atoms with Crippen LogP contribution in [0.5, 0.6) is 0 Å². The Hall–Kier alpha value is -3.95. The number of nitrogens with zero attached hydrogens (tertiary/aromatic N) is 4. The van der Waals surface area contributed by atoms with Crippen molar-refractivity contribution in [1.29, 1.82) is 0 Å². The van der Waals surface area contributed by atoms with Gasteiger partial charge in [-0.25, -0.2) is 9.31 Å². The molecule has 0 atom stereocenters. The molecular weight excluding hydrogens is 424 g/mol. The average molecular weight is 448 g/mol. The van der Waals surface area contributed by atoms with Crippen molar-refractivity contribution >= 4 is 29.5 Å². The van der Waals surface area contributed by atoms with Crippen LogP contribution in [-0.4, -0.2) is 56.6 Å². The van der Waals surface area contributed by atoms with Gasteiger partial charge in [0.2, 0.25) is 11.9 Å². The molecule has 0 spiro atoms. The van der Waals surface area contributed by atoms with Gasteiger partial charge in [-0.05, 0) is 37.1 Å². The van der Waals surface area contributed by atoms with Crippen LogP contribution in [0.15, 0.2) is 42.5 Å². The first-order valence-electron chi connectivity index (χ1n) is 11.0. The highest BCUT2D eigenvalue weighted by atomic mass is 16.6. The molecule has 1 saturated carbocycles. The van der Waals surface area contributed by atoms with Crippen LogP contribution >= 0.6 is 0 Å². The monoisotopic (exact) mass is 448 g/mol. The number of benzene rings is 1. The lowest BCUT2D eigenvalue weighted by atomic mass is 10.0. The van der Waals surface area contributed by atoms with Crippen LogP contribution in [0.2, 0.25) is 0 Å². The Morgan fingerprint density at radius 2 is 1.73 bits per heavy atom. The van der Waals surface area contributed by atoms with Gasteiger partial charge in [-0.15, -0.1) is 5.10 Å². The van der Waals surface area contributed by atoms with Crippen LogP contribution in [-0.2, 0) is 9.53 Å². The topological polar surface area (TPSA) is 132 Å². The molecule has 10 heteroatoms.